The second-order valence-corrected chi connectivity index (χ2v) is 10.2. The van der Waals surface area contributed by atoms with Gasteiger partial charge in [0, 0.05) is 30.4 Å². The minimum absolute atomic E-state index is 0.00754. The van der Waals surface area contributed by atoms with Gasteiger partial charge in [0.25, 0.3) is 5.78 Å². The van der Waals surface area contributed by atoms with Gasteiger partial charge in [0.15, 0.2) is 5.82 Å². The van der Waals surface area contributed by atoms with Crippen molar-refractivity contribution in [1.82, 2.24) is 29.2 Å². The second-order valence-electron chi connectivity index (χ2n) is 8.29. The largest absolute Gasteiger partial charge is 0.317 e. The van der Waals surface area contributed by atoms with Crippen LogP contribution in [0.3, 0.4) is 0 Å². The van der Waals surface area contributed by atoms with Gasteiger partial charge in [-0.3, -0.25) is 0 Å². The average Bonchev–Trinajstić information content (AvgIpc) is 3.15. The van der Waals surface area contributed by atoms with Crippen LogP contribution in [0.5, 0.6) is 0 Å². The number of hydrogen-bond acceptors (Lipinski definition) is 6. The van der Waals surface area contributed by atoms with E-state index in [1.54, 1.807) is 21.0 Å². The fraction of sp³-hybridized carbons (Fsp3) is 0.500. The molecule has 0 aliphatic carbocycles. The summed E-state index contributed by atoms with van der Waals surface area (Å²) in [6.45, 7) is 8.00. The summed E-state index contributed by atoms with van der Waals surface area (Å²) in [6.07, 6.45) is 2.90. The van der Waals surface area contributed by atoms with Gasteiger partial charge in [0.1, 0.15) is 0 Å². The number of aromatic nitrogens is 4. The third kappa shape index (κ3) is 4.78. The van der Waals surface area contributed by atoms with Crippen LogP contribution in [-0.2, 0) is 16.4 Å². The quantitative estimate of drug-likeness (QED) is 0.604. The standard InChI is InChI=1S/C22H30N6O2S/c1-16-6-8-20(9-7-16)31(29,30)27(19-10-12-23-13-11-19)14-4-5-21-25-22-24-17(2)15-18(3)28(22)26-21/h6-9,15,19,23H,4-5,10-14H2,1-3H3. The van der Waals surface area contributed by atoms with Gasteiger partial charge in [-0.25, -0.2) is 17.9 Å². The summed E-state index contributed by atoms with van der Waals surface area (Å²) in [7, 11) is -3.56. The lowest BCUT2D eigenvalue weighted by atomic mass is 10.1. The van der Waals surface area contributed by atoms with E-state index in [0.717, 1.165) is 42.9 Å². The van der Waals surface area contributed by atoms with E-state index in [9.17, 15) is 8.42 Å². The highest BCUT2D eigenvalue weighted by atomic mass is 32.2. The molecule has 0 spiro atoms. The van der Waals surface area contributed by atoms with Crippen molar-refractivity contribution in [1.29, 1.82) is 0 Å². The third-order valence-electron chi connectivity index (χ3n) is 5.78. The third-order valence-corrected chi connectivity index (χ3v) is 7.75. The van der Waals surface area contributed by atoms with Crippen molar-refractivity contribution in [2.24, 2.45) is 0 Å². The lowest BCUT2D eigenvalue weighted by Gasteiger charge is -2.33. The van der Waals surface area contributed by atoms with Crippen molar-refractivity contribution >= 4 is 15.8 Å². The Morgan fingerprint density at radius 2 is 1.81 bits per heavy atom. The molecule has 1 fully saturated rings. The maximum absolute atomic E-state index is 13.5. The Balaban J connectivity index is 1.52. The van der Waals surface area contributed by atoms with Crippen molar-refractivity contribution in [3.05, 3.63) is 53.1 Å². The van der Waals surface area contributed by atoms with Gasteiger partial charge < -0.3 is 5.32 Å². The van der Waals surface area contributed by atoms with Gasteiger partial charge in [-0.05, 0) is 71.3 Å². The molecule has 8 nitrogen and oxygen atoms in total. The van der Waals surface area contributed by atoms with Crippen LogP contribution in [0.25, 0.3) is 5.78 Å². The van der Waals surface area contributed by atoms with Crippen LogP contribution in [0.15, 0.2) is 35.2 Å². The first-order valence-corrected chi connectivity index (χ1v) is 12.3. The molecule has 1 N–H and O–H groups in total. The Bertz CT molecular complexity index is 1150. The molecule has 31 heavy (non-hydrogen) atoms. The smallest absolute Gasteiger partial charge is 0.252 e. The van der Waals surface area contributed by atoms with E-state index in [1.165, 1.54) is 0 Å². The minimum Gasteiger partial charge on any atom is -0.317 e. The van der Waals surface area contributed by atoms with Gasteiger partial charge in [-0.2, -0.15) is 9.29 Å². The summed E-state index contributed by atoms with van der Waals surface area (Å²) >= 11 is 0. The highest BCUT2D eigenvalue weighted by Crippen LogP contribution is 2.23. The zero-order valence-corrected chi connectivity index (χ0v) is 19.2. The number of nitrogens with one attached hydrogen (secondary N) is 1. The average molecular weight is 443 g/mol. The van der Waals surface area contributed by atoms with Crippen LogP contribution in [0.2, 0.25) is 0 Å². The first-order chi connectivity index (χ1) is 14.8. The summed E-state index contributed by atoms with van der Waals surface area (Å²) in [4.78, 5) is 9.33. The fourth-order valence-electron chi connectivity index (χ4n) is 4.15. The second kappa shape index (κ2) is 9.02. The number of piperidine rings is 1. The molecular weight excluding hydrogens is 412 g/mol. The summed E-state index contributed by atoms with van der Waals surface area (Å²) in [5.74, 6) is 1.29. The number of rotatable bonds is 7. The van der Waals surface area contributed by atoms with E-state index < -0.39 is 10.0 Å². The summed E-state index contributed by atoms with van der Waals surface area (Å²) in [5, 5.41) is 7.88. The molecule has 166 valence electrons. The molecule has 9 heteroatoms. The van der Waals surface area contributed by atoms with Crippen molar-refractivity contribution in [3.63, 3.8) is 0 Å². The molecule has 0 saturated carbocycles. The van der Waals surface area contributed by atoms with E-state index in [-0.39, 0.29) is 6.04 Å². The number of sulfonamides is 1. The molecule has 0 atom stereocenters. The van der Waals surface area contributed by atoms with Gasteiger partial charge in [-0.1, -0.05) is 17.7 Å². The van der Waals surface area contributed by atoms with Crippen LogP contribution in [0.1, 0.15) is 42.0 Å². The molecule has 1 aliphatic heterocycles. The molecule has 0 amide bonds. The highest BCUT2D eigenvalue weighted by Gasteiger charge is 2.32. The lowest BCUT2D eigenvalue weighted by Crippen LogP contribution is -2.46. The lowest BCUT2D eigenvalue weighted by molar-refractivity contribution is 0.259. The predicted octanol–water partition coefficient (Wildman–Crippen LogP) is 2.43. The van der Waals surface area contributed by atoms with Gasteiger partial charge in [-0.15, -0.1) is 5.10 Å². The maximum Gasteiger partial charge on any atom is 0.252 e. The number of hydrogen-bond donors (Lipinski definition) is 1. The maximum atomic E-state index is 13.5. The minimum atomic E-state index is -3.56. The summed E-state index contributed by atoms with van der Waals surface area (Å²) < 4.78 is 30.4. The Morgan fingerprint density at radius 1 is 1.10 bits per heavy atom. The van der Waals surface area contributed by atoms with E-state index >= 15 is 0 Å². The highest BCUT2D eigenvalue weighted by molar-refractivity contribution is 7.89. The number of nitrogens with zero attached hydrogens (tertiary/aromatic N) is 5. The molecule has 0 bridgehead atoms. The van der Waals surface area contributed by atoms with Crippen LogP contribution >= 0.6 is 0 Å². The molecule has 0 unspecified atom stereocenters. The van der Waals surface area contributed by atoms with Gasteiger partial charge in [0.2, 0.25) is 10.0 Å². The van der Waals surface area contributed by atoms with E-state index in [4.69, 9.17) is 0 Å². The molecule has 4 rings (SSSR count). The molecule has 0 radical (unpaired) electrons. The van der Waals surface area contributed by atoms with Crippen molar-refractivity contribution in [2.75, 3.05) is 19.6 Å². The molecule has 1 saturated heterocycles. The first-order valence-electron chi connectivity index (χ1n) is 10.8. The molecule has 1 aliphatic rings. The first kappa shape index (κ1) is 21.9. The van der Waals surface area contributed by atoms with Crippen LogP contribution in [-0.4, -0.2) is 58.0 Å². The molecular formula is C22H30N6O2S. The zero-order chi connectivity index (χ0) is 22.0. The van der Waals surface area contributed by atoms with Crippen molar-refractivity contribution in [2.45, 2.75) is 57.4 Å². The molecule has 3 heterocycles. The Labute approximate surface area is 183 Å². The molecule has 1 aromatic carbocycles. The molecule has 2 aromatic heterocycles. The zero-order valence-electron chi connectivity index (χ0n) is 18.4. The van der Waals surface area contributed by atoms with Crippen LogP contribution in [0, 0.1) is 20.8 Å². The molecule has 3 aromatic rings. The van der Waals surface area contributed by atoms with Gasteiger partial charge in [0.05, 0.1) is 4.90 Å². The Hall–Kier alpha value is -2.36. The predicted molar refractivity (Wildman–Crippen MR) is 120 cm³/mol. The monoisotopic (exact) mass is 442 g/mol. The normalized spacial score (nSPS) is 15.7. The van der Waals surface area contributed by atoms with Gasteiger partial charge >= 0.3 is 0 Å². The Morgan fingerprint density at radius 3 is 2.52 bits per heavy atom. The van der Waals surface area contributed by atoms with Crippen molar-refractivity contribution in [3.8, 4) is 0 Å². The van der Waals surface area contributed by atoms with E-state index in [0.29, 0.717) is 35.9 Å². The summed E-state index contributed by atoms with van der Waals surface area (Å²) in [5.41, 5.74) is 2.94. The summed E-state index contributed by atoms with van der Waals surface area (Å²) in [6, 6.07) is 9.10. The fourth-order valence-corrected chi connectivity index (χ4v) is 5.87. The van der Waals surface area contributed by atoms with Crippen LogP contribution in [0.4, 0.5) is 0 Å². The van der Waals surface area contributed by atoms with Crippen LogP contribution < -0.4 is 5.32 Å². The topological polar surface area (TPSA) is 92.5 Å². The van der Waals surface area contributed by atoms with Crippen molar-refractivity contribution < 1.29 is 8.42 Å². The SMILES string of the molecule is Cc1ccc(S(=O)(=O)N(CCCc2nc3nc(C)cc(C)n3n2)C2CCNCC2)cc1. The number of aryl methyl sites for hydroxylation is 4. The van der Waals surface area contributed by atoms with E-state index in [2.05, 4.69) is 20.4 Å². The number of benzene rings is 1. The van der Waals surface area contributed by atoms with E-state index in [1.807, 2.05) is 39.0 Å². The number of fused-ring (bicyclic) bond motifs is 1. The Kier molecular flexibility index (Phi) is 6.36.